The van der Waals surface area contributed by atoms with Gasteiger partial charge in [-0.2, -0.15) is 0 Å². The van der Waals surface area contributed by atoms with Gasteiger partial charge in [0.15, 0.2) is 5.11 Å². The van der Waals surface area contributed by atoms with Gasteiger partial charge in [0, 0.05) is 20.1 Å². The number of fused-ring (bicyclic) bond motifs is 1. The van der Waals surface area contributed by atoms with Crippen LogP contribution >= 0.6 is 35.4 Å². The monoisotopic (exact) mass is 274 g/mol. The maximum atomic E-state index is 6.20. The predicted octanol–water partition coefficient (Wildman–Crippen LogP) is 2.86. The van der Waals surface area contributed by atoms with Gasteiger partial charge < -0.3 is 10.2 Å². The first kappa shape index (κ1) is 12.0. The van der Waals surface area contributed by atoms with Crippen LogP contribution < -0.4 is 5.32 Å². The zero-order chi connectivity index (χ0) is 11.7. The molecule has 0 spiro atoms. The molecule has 86 valence electrons. The van der Waals surface area contributed by atoms with Gasteiger partial charge in [0.05, 0.1) is 10.0 Å². The molecule has 0 aliphatic carbocycles. The van der Waals surface area contributed by atoms with Crippen LogP contribution in [0.4, 0.5) is 0 Å². The van der Waals surface area contributed by atoms with Crippen molar-refractivity contribution in [1.29, 1.82) is 0 Å². The first-order chi connectivity index (χ1) is 7.63. The van der Waals surface area contributed by atoms with Gasteiger partial charge in [-0.25, -0.2) is 0 Å². The molecule has 0 unspecified atom stereocenters. The summed E-state index contributed by atoms with van der Waals surface area (Å²) in [5.41, 5.74) is 2.36. The van der Waals surface area contributed by atoms with Gasteiger partial charge in [0.2, 0.25) is 0 Å². The Morgan fingerprint density at radius 3 is 2.88 bits per heavy atom. The van der Waals surface area contributed by atoms with E-state index in [4.69, 9.17) is 35.4 Å². The Labute approximate surface area is 111 Å². The fourth-order valence-electron chi connectivity index (χ4n) is 1.89. The number of halogens is 2. The Morgan fingerprint density at radius 1 is 1.44 bits per heavy atom. The Hall–Kier alpha value is -0.510. The van der Waals surface area contributed by atoms with Crippen LogP contribution in [0.2, 0.25) is 10.0 Å². The van der Waals surface area contributed by atoms with Crippen LogP contribution in [-0.2, 0) is 13.0 Å². The Balaban J connectivity index is 2.32. The Bertz CT molecular complexity index is 434. The van der Waals surface area contributed by atoms with Crippen LogP contribution in [0.25, 0.3) is 0 Å². The molecule has 0 atom stereocenters. The normalized spacial score (nSPS) is 14.6. The van der Waals surface area contributed by atoms with Gasteiger partial charge in [0.25, 0.3) is 0 Å². The summed E-state index contributed by atoms with van der Waals surface area (Å²) < 4.78 is 0. The lowest BCUT2D eigenvalue weighted by Crippen LogP contribution is -2.41. The van der Waals surface area contributed by atoms with Crippen molar-refractivity contribution in [2.24, 2.45) is 0 Å². The van der Waals surface area contributed by atoms with Gasteiger partial charge in [-0.05, 0) is 35.8 Å². The third kappa shape index (κ3) is 2.12. The number of benzene rings is 1. The molecule has 2 nitrogen and oxygen atoms in total. The first-order valence-corrected chi connectivity index (χ1v) is 6.22. The van der Waals surface area contributed by atoms with E-state index in [1.165, 1.54) is 5.56 Å². The summed E-state index contributed by atoms with van der Waals surface area (Å²) in [6.45, 7) is 1.65. The molecule has 0 saturated carbocycles. The third-order valence-electron chi connectivity index (χ3n) is 2.79. The number of nitrogens with one attached hydrogen (secondary N) is 1. The molecular formula is C11H12Cl2N2S. The predicted molar refractivity (Wildman–Crippen MR) is 72.2 cm³/mol. The van der Waals surface area contributed by atoms with Gasteiger partial charge in [-0.1, -0.05) is 29.3 Å². The lowest BCUT2D eigenvalue weighted by Gasteiger charge is -2.31. The van der Waals surface area contributed by atoms with Gasteiger partial charge >= 0.3 is 0 Å². The van der Waals surface area contributed by atoms with E-state index in [1.54, 1.807) is 0 Å². The smallest absolute Gasteiger partial charge is 0.168 e. The Kier molecular flexibility index (Phi) is 3.57. The SMILES string of the molecule is CNC(=S)N1CCc2ccc(Cl)c(Cl)c2C1. The highest BCUT2D eigenvalue weighted by atomic mass is 35.5. The van der Waals surface area contributed by atoms with E-state index in [-0.39, 0.29) is 0 Å². The summed E-state index contributed by atoms with van der Waals surface area (Å²) in [4.78, 5) is 2.10. The second-order valence-electron chi connectivity index (χ2n) is 3.73. The number of hydrogen-bond acceptors (Lipinski definition) is 1. The summed E-state index contributed by atoms with van der Waals surface area (Å²) in [5.74, 6) is 0. The molecule has 1 heterocycles. The quantitative estimate of drug-likeness (QED) is 0.733. The minimum absolute atomic E-state index is 0.609. The molecule has 0 bridgehead atoms. The minimum atomic E-state index is 0.609. The topological polar surface area (TPSA) is 15.3 Å². The fraction of sp³-hybridized carbons (Fsp3) is 0.364. The summed E-state index contributed by atoms with van der Waals surface area (Å²) in [5, 5.41) is 5.00. The lowest BCUT2D eigenvalue weighted by molar-refractivity contribution is 0.390. The molecule has 1 N–H and O–H groups in total. The second-order valence-corrected chi connectivity index (χ2v) is 4.90. The summed E-state index contributed by atoms with van der Waals surface area (Å²) in [6, 6.07) is 3.90. The molecule has 0 radical (unpaired) electrons. The van der Waals surface area contributed by atoms with Gasteiger partial charge in [-0.3, -0.25) is 0 Å². The van der Waals surface area contributed by atoms with E-state index in [1.807, 2.05) is 19.2 Å². The van der Waals surface area contributed by atoms with Crippen molar-refractivity contribution in [3.05, 3.63) is 33.3 Å². The van der Waals surface area contributed by atoms with Crippen LogP contribution in [0.5, 0.6) is 0 Å². The molecule has 0 amide bonds. The van der Waals surface area contributed by atoms with Crippen LogP contribution in [-0.4, -0.2) is 23.6 Å². The standard InChI is InChI=1S/C11H12Cl2N2S/c1-14-11(16)15-5-4-7-2-3-9(12)10(13)8(7)6-15/h2-3H,4-6H2,1H3,(H,14,16). The van der Waals surface area contributed by atoms with E-state index in [9.17, 15) is 0 Å². The molecule has 1 aromatic carbocycles. The molecule has 1 aliphatic rings. The van der Waals surface area contributed by atoms with Crippen LogP contribution in [0.15, 0.2) is 12.1 Å². The fourth-order valence-corrected chi connectivity index (χ4v) is 2.47. The molecule has 0 aromatic heterocycles. The van der Waals surface area contributed by atoms with Gasteiger partial charge in [0.1, 0.15) is 0 Å². The molecule has 0 fully saturated rings. The van der Waals surface area contributed by atoms with E-state index < -0.39 is 0 Å². The maximum Gasteiger partial charge on any atom is 0.168 e. The highest BCUT2D eigenvalue weighted by Crippen LogP contribution is 2.32. The number of nitrogens with zero attached hydrogens (tertiary/aromatic N) is 1. The highest BCUT2D eigenvalue weighted by Gasteiger charge is 2.20. The maximum absolute atomic E-state index is 6.20. The van der Waals surface area contributed by atoms with Crippen LogP contribution in [0.1, 0.15) is 11.1 Å². The number of hydrogen-bond donors (Lipinski definition) is 1. The summed E-state index contributed by atoms with van der Waals surface area (Å²) in [6.07, 6.45) is 0.952. The third-order valence-corrected chi connectivity index (χ3v) is 4.10. The molecule has 1 aliphatic heterocycles. The second kappa shape index (κ2) is 4.78. The van der Waals surface area contributed by atoms with Crippen molar-refractivity contribution in [3.63, 3.8) is 0 Å². The van der Waals surface area contributed by atoms with Crippen LogP contribution in [0.3, 0.4) is 0 Å². The zero-order valence-corrected chi connectivity index (χ0v) is 11.2. The summed E-state index contributed by atoms with van der Waals surface area (Å²) in [7, 11) is 1.83. The average Bonchev–Trinajstić information content (AvgIpc) is 2.32. The van der Waals surface area contributed by atoms with E-state index in [0.717, 1.165) is 30.2 Å². The molecule has 16 heavy (non-hydrogen) atoms. The number of rotatable bonds is 0. The van der Waals surface area contributed by atoms with E-state index in [2.05, 4.69) is 10.2 Å². The Morgan fingerprint density at radius 2 is 2.19 bits per heavy atom. The highest BCUT2D eigenvalue weighted by molar-refractivity contribution is 7.80. The molecule has 1 aromatic rings. The molecule has 2 rings (SSSR count). The number of thiocarbonyl (C=S) groups is 1. The van der Waals surface area contributed by atoms with Crippen molar-refractivity contribution in [3.8, 4) is 0 Å². The average molecular weight is 275 g/mol. The zero-order valence-electron chi connectivity index (χ0n) is 8.89. The van der Waals surface area contributed by atoms with Crippen LogP contribution in [0, 0.1) is 0 Å². The van der Waals surface area contributed by atoms with Crippen molar-refractivity contribution in [2.45, 2.75) is 13.0 Å². The van der Waals surface area contributed by atoms with Gasteiger partial charge in [-0.15, -0.1) is 0 Å². The van der Waals surface area contributed by atoms with E-state index >= 15 is 0 Å². The van der Waals surface area contributed by atoms with E-state index in [0.29, 0.717) is 10.0 Å². The van der Waals surface area contributed by atoms with Crippen molar-refractivity contribution >= 4 is 40.5 Å². The summed E-state index contributed by atoms with van der Waals surface area (Å²) >= 11 is 17.4. The minimum Gasteiger partial charge on any atom is -0.366 e. The van der Waals surface area contributed by atoms with Crippen molar-refractivity contribution in [1.82, 2.24) is 10.2 Å². The molecule has 0 saturated heterocycles. The van der Waals surface area contributed by atoms with Crippen molar-refractivity contribution in [2.75, 3.05) is 13.6 Å². The first-order valence-electron chi connectivity index (χ1n) is 5.06. The van der Waals surface area contributed by atoms with Crippen molar-refractivity contribution < 1.29 is 0 Å². The largest absolute Gasteiger partial charge is 0.366 e. The molecule has 5 heteroatoms. The molecular weight excluding hydrogens is 263 g/mol. The lowest BCUT2D eigenvalue weighted by atomic mass is 10.00.